The molecule has 6 aromatic rings. The quantitative estimate of drug-likeness (QED) is 0.212. The lowest BCUT2D eigenvalue weighted by atomic mass is 9.90. The smallest absolute Gasteiger partial charge is 0.0356 e. The number of benzene rings is 5. The minimum Gasteiger partial charge on any atom is -0.135 e. The van der Waals surface area contributed by atoms with Crippen LogP contribution in [0.2, 0.25) is 0 Å². The molecule has 0 saturated heterocycles. The van der Waals surface area contributed by atoms with E-state index in [-0.39, 0.29) is 0 Å². The molecule has 2 heteroatoms. The molecule has 1 unspecified atom stereocenters. The number of fused-ring (bicyclic) bond motifs is 6. The maximum absolute atomic E-state index is 3.65. The molecule has 0 amide bonds. The molecular formula is C33H23BrS. The molecule has 1 aliphatic rings. The Morgan fingerprint density at radius 2 is 1.29 bits per heavy atom. The summed E-state index contributed by atoms with van der Waals surface area (Å²) < 4.78 is 3.81. The predicted octanol–water partition coefficient (Wildman–Crippen LogP) is 10.2. The highest BCUT2D eigenvalue weighted by molar-refractivity contribution is 9.10. The first-order valence-corrected chi connectivity index (χ1v) is 13.7. The number of thiophene rings is 1. The number of rotatable bonds is 4. The fourth-order valence-electron chi connectivity index (χ4n) is 5.68. The summed E-state index contributed by atoms with van der Waals surface area (Å²) in [6, 6.07) is 40.5. The molecule has 168 valence electrons. The van der Waals surface area contributed by atoms with Crippen LogP contribution in [0.4, 0.5) is 0 Å². The van der Waals surface area contributed by atoms with Gasteiger partial charge in [-0.25, -0.2) is 0 Å². The number of hydrogen-bond donors (Lipinski definition) is 0. The van der Waals surface area contributed by atoms with E-state index in [9.17, 15) is 0 Å². The van der Waals surface area contributed by atoms with Gasteiger partial charge in [0.15, 0.2) is 0 Å². The zero-order valence-electron chi connectivity index (χ0n) is 19.2. The van der Waals surface area contributed by atoms with Crippen molar-refractivity contribution in [2.75, 3.05) is 0 Å². The summed E-state index contributed by atoms with van der Waals surface area (Å²) in [6.07, 6.45) is 2.23. The van der Waals surface area contributed by atoms with Crippen LogP contribution in [0.5, 0.6) is 0 Å². The molecule has 0 saturated carbocycles. The predicted molar refractivity (Wildman–Crippen MR) is 155 cm³/mol. The van der Waals surface area contributed by atoms with Gasteiger partial charge in [0.05, 0.1) is 0 Å². The van der Waals surface area contributed by atoms with E-state index < -0.39 is 0 Å². The van der Waals surface area contributed by atoms with Crippen LogP contribution in [0.3, 0.4) is 0 Å². The molecule has 0 aliphatic heterocycles. The minimum absolute atomic E-state index is 0.455. The van der Waals surface area contributed by atoms with Crippen molar-refractivity contribution < 1.29 is 0 Å². The van der Waals surface area contributed by atoms with Crippen LogP contribution in [0, 0.1) is 0 Å². The number of halogens is 1. The Morgan fingerprint density at radius 1 is 0.600 bits per heavy atom. The van der Waals surface area contributed by atoms with Crippen molar-refractivity contribution >= 4 is 47.4 Å². The molecule has 0 radical (unpaired) electrons. The zero-order chi connectivity index (χ0) is 23.4. The number of hydrogen-bond acceptors (Lipinski definition) is 1. The zero-order valence-corrected chi connectivity index (χ0v) is 21.6. The summed E-state index contributed by atoms with van der Waals surface area (Å²) >= 11 is 5.52. The van der Waals surface area contributed by atoms with Gasteiger partial charge >= 0.3 is 0 Å². The lowest BCUT2D eigenvalue weighted by Gasteiger charge is -2.14. The lowest BCUT2D eigenvalue weighted by molar-refractivity contribution is 0.729. The first-order chi connectivity index (χ1) is 17.2. The maximum atomic E-state index is 3.65. The van der Waals surface area contributed by atoms with Crippen molar-refractivity contribution in [3.05, 3.63) is 130 Å². The molecule has 35 heavy (non-hydrogen) atoms. The van der Waals surface area contributed by atoms with Crippen LogP contribution in [-0.4, -0.2) is 0 Å². The first-order valence-electron chi connectivity index (χ1n) is 12.1. The average Bonchev–Trinajstić information content (AvgIpc) is 3.42. The van der Waals surface area contributed by atoms with E-state index >= 15 is 0 Å². The summed E-state index contributed by atoms with van der Waals surface area (Å²) in [5.41, 5.74) is 9.72. The molecule has 0 N–H and O–H groups in total. The SMILES string of the molecule is Brc1ccc2sc3ccc(-c4ccc5c(c4)-c4ccccc4C5CCc4ccccc4)cc3c2c1. The van der Waals surface area contributed by atoms with Gasteiger partial charge in [-0.05, 0) is 88.2 Å². The summed E-state index contributed by atoms with van der Waals surface area (Å²) in [4.78, 5) is 0. The summed E-state index contributed by atoms with van der Waals surface area (Å²) in [5, 5.41) is 2.67. The van der Waals surface area contributed by atoms with E-state index in [4.69, 9.17) is 0 Å². The van der Waals surface area contributed by atoms with Crippen LogP contribution in [0.15, 0.2) is 114 Å². The van der Waals surface area contributed by atoms with E-state index in [0.29, 0.717) is 5.92 Å². The highest BCUT2D eigenvalue weighted by Gasteiger charge is 2.28. The average molecular weight is 532 g/mol. The molecule has 1 aromatic heterocycles. The van der Waals surface area contributed by atoms with E-state index in [0.717, 1.165) is 17.3 Å². The number of aryl methyl sites for hydroxylation is 1. The molecule has 5 aromatic carbocycles. The van der Waals surface area contributed by atoms with E-state index in [1.54, 1.807) is 0 Å². The van der Waals surface area contributed by atoms with Crippen LogP contribution in [-0.2, 0) is 6.42 Å². The van der Waals surface area contributed by atoms with E-state index in [2.05, 4.69) is 125 Å². The second kappa shape index (κ2) is 8.48. The van der Waals surface area contributed by atoms with Gasteiger partial charge in [-0.15, -0.1) is 11.3 Å². The van der Waals surface area contributed by atoms with Gasteiger partial charge in [0.1, 0.15) is 0 Å². The molecule has 7 rings (SSSR count). The Balaban J connectivity index is 1.30. The topological polar surface area (TPSA) is 0 Å². The third-order valence-corrected chi connectivity index (χ3v) is 9.03. The largest absolute Gasteiger partial charge is 0.135 e. The van der Waals surface area contributed by atoms with Crippen molar-refractivity contribution in [3.8, 4) is 22.3 Å². The van der Waals surface area contributed by atoms with Crippen molar-refractivity contribution in [1.82, 2.24) is 0 Å². The summed E-state index contributed by atoms with van der Waals surface area (Å²) in [6.45, 7) is 0. The first kappa shape index (κ1) is 21.1. The van der Waals surface area contributed by atoms with Crippen molar-refractivity contribution in [2.45, 2.75) is 18.8 Å². The minimum atomic E-state index is 0.455. The van der Waals surface area contributed by atoms with Gasteiger partial charge in [0, 0.05) is 30.6 Å². The standard InChI is InChI=1S/C33H23BrS/c34-24-13-17-33-31(20-24)30-19-23(12-16-32(30)35-33)22-11-15-28-27(14-10-21-6-2-1-3-7-21)25-8-4-5-9-26(25)29(28)18-22/h1-9,11-13,15-20,27H,10,14H2. The van der Waals surface area contributed by atoms with Crippen LogP contribution in [0.25, 0.3) is 42.4 Å². The van der Waals surface area contributed by atoms with Crippen molar-refractivity contribution in [1.29, 1.82) is 0 Å². The van der Waals surface area contributed by atoms with Gasteiger partial charge in [0.25, 0.3) is 0 Å². The molecule has 0 nitrogen and oxygen atoms in total. The van der Waals surface area contributed by atoms with Crippen LogP contribution < -0.4 is 0 Å². The Hall–Kier alpha value is -3.20. The fraction of sp³-hybridized carbons (Fsp3) is 0.0909. The monoisotopic (exact) mass is 530 g/mol. The maximum Gasteiger partial charge on any atom is 0.0356 e. The Morgan fingerprint density at radius 3 is 2.17 bits per heavy atom. The Labute approximate surface area is 218 Å². The lowest BCUT2D eigenvalue weighted by Crippen LogP contribution is -1.99. The van der Waals surface area contributed by atoms with Crippen LogP contribution in [0.1, 0.15) is 29.0 Å². The highest BCUT2D eigenvalue weighted by atomic mass is 79.9. The summed E-state index contributed by atoms with van der Waals surface area (Å²) in [7, 11) is 0. The van der Waals surface area contributed by atoms with Gasteiger partial charge in [-0.3, -0.25) is 0 Å². The van der Waals surface area contributed by atoms with E-state index in [1.165, 1.54) is 59.1 Å². The normalized spacial score (nSPS) is 14.4. The third-order valence-electron chi connectivity index (χ3n) is 7.38. The van der Waals surface area contributed by atoms with Crippen LogP contribution >= 0.6 is 27.3 Å². The Kier molecular flexibility index (Phi) is 5.11. The molecule has 1 atom stereocenters. The van der Waals surface area contributed by atoms with Gasteiger partial charge in [0.2, 0.25) is 0 Å². The Bertz CT molecular complexity index is 1710. The molecule has 1 heterocycles. The fourth-order valence-corrected chi connectivity index (χ4v) is 7.11. The van der Waals surface area contributed by atoms with E-state index in [1.807, 2.05) is 11.3 Å². The summed E-state index contributed by atoms with van der Waals surface area (Å²) in [5.74, 6) is 0.455. The molecule has 0 bridgehead atoms. The third kappa shape index (κ3) is 3.64. The highest BCUT2D eigenvalue weighted by Crippen LogP contribution is 2.48. The molecule has 0 fully saturated rings. The van der Waals surface area contributed by atoms with Gasteiger partial charge in [-0.1, -0.05) is 88.7 Å². The molecule has 1 aliphatic carbocycles. The van der Waals surface area contributed by atoms with Gasteiger partial charge in [-0.2, -0.15) is 0 Å². The second-order valence-electron chi connectivity index (χ2n) is 9.42. The van der Waals surface area contributed by atoms with Crippen molar-refractivity contribution in [2.24, 2.45) is 0 Å². The second-order valence-corrected chi connectivity index (χ2v) is 11.4. The molecular weight excluding hydrogens is 508 g/mol. The van der Waals surface area contributed by atoms with Gasteiger partial charge < -0.3 is 0 Å². The van der Waals surface area contributed by atoms with Crippen molar-refractivity contribution in [3.63, 3.8) is 0 Å². The molecule has 0 spiro atoms.